The zero-order chi connectivity index (χ0) is 35.3. The summed E-state index contributed by atoms with van der Waals surface area (Å²) in [6.07, 6.45) is 2.85. The molecule has 2 atom stereocenters. The molecule has 1 aromatic heterocycles. The maximum absolute atomic E-state index is 14.9. The molecule has 2 fully saturated rings. The molecule has 2 aliphatic rings. The first-order valence-electron chi connectivity index (χ1n) is 16.3. The normalized spacial score (nSPS) is 18.3. The predicted octanol–water partition coefficient (Wildman–Crippen LogP) is 5.65. The number of amides is 3. The van der Waals surface area contributed by atoms with Crippen molar-refractivity contribution in [2.24, 2.45) is 0 Å². The van der Waals surface area contributed by atoms with Crippen LogP contribution in [-0.2, 0) is 16.1 Å². The SMILES string of the molecule is CCN(C(=O)c1cnc(N2CC(NC(=O)OC(C)(C)C)C(c3cc(F)c(F)cc3F)C2)nc1)C1CCN(C(=O)OCc2ccccc2)CC1. The number of nitrogens with one attached hydrogen (secondary N) is 1. The number of piperidine rings is 1. The van der Waals surface area contributed by atoms with Crippen LogP contribution in [0.5, 0.6) is 0 Å². The van der Waals surface area contributed by atoms with Crippen LogP contribution in [0, 0.1) is 17.5 Å². The van der Waals surface area contributed by atoms with E-state index in [1.807, 2.05) is 37.3 Å². The molecule has 5 rings (SSSR count). The third-order valence-corrected chi connectivity index (χ3v) is 8.60. The molecule has 11 nitrogen and oxygen atoms in total. The van der Waals surface area contributed by atoms with E-state index in [4.69, 9.17) is 9.47 Å². The second kappa shape index (κ2) is 15.1. The van der Waals surface area contributed by atoms with Crippen molar-refractivity contribution < 1.29 is 37.0 Å². The van der Waals surface area contributed by atoms with Crippen molar-refractivity contribution in [2.45, 2.75) is 70.7 Å². The zero-order valence-corrected chi connectivity index (χ0v) is 28.0. The highest BCUT2D eigenvalue weighted by atomic mass is 19.2. The molecule has 3 aromatic rings. The van der Waals surface area contributed by atoms with Crippen molar-refractivity contribution in [1.29, 1.82) is 0 Å². The summed E-state index contributed by atoms with van der Waals surface area (Å²) in [6, 6.07) is 9.87. The molecular formula is C35H41F3N6O5. The quantitative estimate of drug-likeness (QED) is 0.303. The van der Waals surface area contributed by atoms with Gasteiger partial charge in [-0.3, -0.25) is 4.79 Å². The molecule has 3 heterocycles. The van der Waals surface area contributed by atoms with Crippen LogP contribution < -0.4 is 10.2 Å². The smallest absolute Gasteiger partial charge is 0.410 e. The molecule has 0 spiro atoms. The number of anilines is 1. The van der Waals surface area contributed by atoms with E-state index >= 15 is 0 Å². The second-order valence-electron chi connectivity index (χ2n) is 13.2. The standard InChI is InChI=1S/C35H41F3N6O5/c1-5-44(24-11-13-42(14-12-24)34(47)48-21-22-9-7-6-8-10-22)31(45)23-17-39-32(40-18-23)43-19-26(25-15-28(37)29(38)16-27(25)36)30(20-43)41-33(46)49-35(2,3)4/h6-10,15-18,24,26,30H,5,11-14,19-21H2,1-4H3,(H,41,46). The third kappa shape index (κ3) is 8.78. The molecule has 0 aliphatic carbocycles. The Hall–Kier alpha value is -4.88. The van der Waals surface area contributed by atoms with Crippen molar-refractivity contribution in [2.75, 3.05) is 37.6 Å². The largest absolute Gasteiger partial charge is 0.445 e. The Balaban J connectivity index is 1.23. The minimum absolute atomic E-state index is 0.0726. The Morgan fingerprint density at radius 3 is 2.24 bits per heavy atom. The number of hydrogen-bond donors (Lipinski definition) is 1. The van der Waals surface area contributed by atoms with Gasteiger partial charge in [0.25, 0.3) is 5.91 Å². The molecule has 14 heteroatoms. The Kier molecular flexibility index (Phi) is 10.9. The van der Waals surface area contributed by atoms with E-state index in [1.165, 1.54) is 12.4 Å². The van der Waals surface area contributed by atoms with E-state index in [0.29, 0.717) is 38.5 Å². The van der Waals surface area contributed by atoms with Gasteiger partial charge in [-0.05, 0) is 57.7 Å². The Morgan fingerprint density at radius 1 is 0.959 bits per heavy atom. The first kappa shape index (κ1) is 35.4. The number of halogens is 3. The first-order valence-corrected chi connectivity index (χ1v) is 16.3. The number of benzene rings is 2. The van der Waals surface area contributed by atoms with Crippen molar-refractivity contribution in [1.82, 2.24) is 25.1 Å². The highest BCUT2D eigenvalue weighted by Crippen LogP contribution is 2.33. The van der Waals surface area contributed by atoms with Crippen LogP contribution in [0.3, 0.4) is 0 Å². The van der Waals surface area contributed by atoms with Gasteiger partial charge in [-0.15, -0.1) is 0 Å². The first-order chi connectivity index (χ1) is 23.3. The van der Waals surface area contributed by atoms with Crippen molar-refractivity contribution in [3.63, 3.8) is 0 Å². The van der Waals surface area contributed by atoms with Gasteiger partial charge in [0.05, 0.1) is 11.6 Å². The number of alkyl carbamates (subject to hydrolysis) is 1. The lowest BCUT2D eigenvalue weighted by molar-refractivity contribution is 0.0499. The Labute approximate surface area is 283 Å². The molecule has 2 unspecified atom stereocenters. The summed E-state index contributed by atoms with van der Waals surface area (Å²) in [5, 5.41) is 2.72. The van der Waals surface area contributed by atoms with Gasteiger partial charge in [0.2, 0.25) is 5.95 Å². The Bertz CT molecular complexity index is 1630. The molecule has 262 valence electrons. The fourth-order valence-corrected chi connectivity index (χ4v) is 6.21. The number of ether oxygens (including phenoxy) is 2. The average molecular weight is 683 g/mol. The molecular weight excluding hydrogens is 641 g/mol. The van der Waals surface area contributed by atoms with Gasteiger partial charge in [-0.2, -0.15) is 0 Å². The van der Waals surface area contributed by atoms with Crippen LogP contribution in [0.1, 0.15) is 67.9 Å². The number of nitrogens with zero attached hydrogens (tertiary/aromatic N) is 5. The lowest BCUT2D eigenvalue weighted by atomic mass is 9.93. The number of carbonyl (C=O) groups excluding carboxylic acids is 3. The van der Waals surface area contributed by atoms with Crippen LogP contribution in [0.2, 0.25) is 0 Å². The molecule has 49 heavy (non-hydrogen) atoms. The van der Waals surface area contributed by atoms with Crippen LogP contribution >= 0.6 is 0 Å². The Morgan fingerprint density at radius 2 is 1.61 bits per heavy atom. The van der Waals surface area contributed by atoms with Crippen LogP contribution in [0.4, 0.5) is 28.7 Å². The van der Waals surface area contributed by atoms with Gasteiger partial charge in [0.15, 0.2) is 11.6 Å². The molecule has 2 aliphatic heterocycles. The highest BCUT2D eigenvalue weighted by Gasteiger charge is 2.39. The molecule has 0 bridgehead atoms. The van der Waals surface area contributed by atoms with Gasteiger partial charge in [-0.25, -0.2) is 32.7 Å². The molecule has 2 aromatic carbocycles. The maximum atomic E-state index is 14.9. The summed E-state index contributed by atoms with van der Waals surface area (Å²) < 4.78 is 53.6. The minimum atomic E-state index is -1.32. The van der Waals surface area contributed by atoms with Gasteiger partial charge in [0, 0.05) is 63.1 Å². The van der Waals surface area contributed by atoms with Crippen molar-refractivity contribution in [3.05, 3.63) is 89.0 Å². The van der Waals surface area contributed by atoms with E-state index in [2.05, 4.69) is 15.3 Å². The van der Waals surface area contributed by atoms with Crippen molar-refractivity contribution in [3.8, 4) is 0 Å². The summed E-state index contributed by atoms with van der Waals surface area (Å²) in [5.41, 5.74) is 0.263. The summed E-state index contributed by atoms with van der Waals surface area (Å²) >= 11 is 0. The molecule has 0 radical (unpaired) electrons. The van der Waals surface area contributed by atoms with Crippen LogP contribution in [0.15, 0.2) is 54.9 Å². The summed E-state index contributed by atoms with van der Waals surface area (Å²) in [6.45, 7) is 8.69. The van der Waals surface area contributed by atoms with E-state index in [-0.39, 0.29) is 54.8 Å². The monoisotopic (exact) mass is 682 g/mol. The molecule has 0 saturated carbocycles. The summed E-state index contributed by atoms with van der Waals surface area (Å²) in [7, 11) is 0. The summed E-state index contributed by atoms with van der Waals surface area (Å²) in [4.78, 5) is 52.7. The van der Waals surface area contributed by atoms with Gasteiger partial charge in [0.1, 0.15) is 18.0 Å². The number of rotatable bonds is 8. The van der Waals surface area contributed by atoms with E-state index in [9.17, 15) is 27.6 Å². The second-order valence-corrected chi connectivity index (χ2v) is 13.2. The van der Waals surface area contributed by atoms with Crippen LogP contribution in [-0.4, -0.2) is 88.3 Å². The van der Waals surface area contributed by atoms with E-state index < -0.39 is 41.1 Å². The predicted molar refractivity (Wildman–Crippen MR) is 174 cm³/mol. The van der Waals surface area contributed by atoms with Crippen molar-refractivity contribution >= 4 is 24.0 Å². The lowest BCUT2D eigenvalue weighted by Gasteiger charge is -2.37. The zero-order valence-electron chi connectivity index (χ0n) is 28.0. The summed E-state index contributed by atoms with van der Waals surface area (Å²) in [5.74, 6) is -4.30. The molecule has 2 saturated heterocycles. The number of likely N-dealkylation sites (tertiary alicyclic amines) is 1. The number of hydrogen-bond acceptors (Lipinski definition) is 8. The van der Waals surface area contributed by atoms with E-state index in [1.54, 1.807) is 35.5 Å². The minimum Gasteiger partial charge on any atom is -0.445 e. The average Bonchev–Trinajstić information content (AvgIpc) is 3.48. The fourth-order valence-electron chi connectivity index (χ4n) is 6.21. The lowest BCUT2D eigenvalue weighted by Crippen LogP contribution is -2.48. The topological polar surface area (TPSA) is 117 Å². The number of carbonyl (C=O) groups is 3. The number of aromatic nitrogens is 2. The van der Waals surface area contributed by atoms with E-state index in [0.717, 1.165) is 11.6 Å². The molecule has 3 amide bonds. The van der Waals surface area contributed by atoms with Gasteiger partial charge in [-0.1, -0.05) is 30.3 Å². The maximum Gasteiger partial charge on any atom is 0.410 e. The fraction of sp³-hybridized carbons (Fsp3) is 0.457. The third-order valence-electron chi connectivity index (χ3n) is 8.60. The molecule has 1 N–H and O–H groups in total. The van der Waals surface area contributed by atoms with Gasteiger partial charge >= 0.3 is 12.2 Å². The van der Waals surface area contributed by atoms with Crippen LogP contribution in [0.25, 0.3) is 0 Å². The highest BCUT2D eigenvalue weighted by molar-refractivity contribution is 5.94. The van der Waals surface area contributed by atoms with Gasteiger partial charge < -0.3 is 29.5 Å².